The van der Waals surface area contributed by atoms with Crippen LogP contribution in [0.15, 0.2) is 0 Å². The van der Waals surface area contributed by atoms with Gasteiger partial charge in [-0.1, -0.05) is 106 Å². The quantitative estimate of drug-likeness (QED) is 0.434. The fourth-order valence-electron chi connectivity index (χ4n) is 4.59. The molecule has 0 aliphatic heterocycles. The van der Waals surface area contributed by atoms with Crippen molar-refractivity contribution in [3.8, 4) is 0 Å². The molecule has 2 aliphatic carbocycles. The maximum absolute atomic E-state index is 2.38. The Labute approximate surface area is 180 Å². The molecule has 0 aromatic heterocycles. The average Bonchev–Trinajstić information content (AvgIpc) is 2.66. The Balaban J connectivity index is 0.000000395. The van der Waals surface area contributed by atoms with Crippen LogP contribution in [0, 0.1) is 29.6 Å². The molecule has 2 fully saturated rings. The minimum atomic E-state index is 0.789. The Kier molecular flexibility index (Phi) is 16.7. The molecule has 0 amide bonds. The van der Waals surface area contributed by atoms with E-state index in [4.69, 9.17) is 0 Å². The van der Waals surface area contributed by atoms with E-state index in [-0.39, 0.29) is 0 Å². The minimum Gasteiger partial charge on any atom is -0.306 e. The van der Waals surface area contributed by atoms with Crippen molar-refractivity contribution in [3.05, 3.63) is 0 Å². The summed E-state index contributed by atoms with van der Waals surface area (Å²) in [6, 6.07) is 0.789. The lowest BCUT2D eigenvalue weighted by Crippen LogP contribution is -2.27. The summed E-state index contributed by atoms with van der Waals surface area (Å²) in [5, 5.41) is 0. The van der Waals surface area contributed by atoms with E-state index in [1.54, 1.807) is 0 Å². The van der Waals surface area contributed by atoms with Crippen LogP contribution in [-0.2, 0) is 0 Å². The zero-order valence-corrected chi connectivity index (χ0v) is 21.4. The van der Waals surface area contributed by atoms with Crippen LogP contribution in [0.3, 0.4) is 0 Å². The van der Waals surface area contributed by atoms with Crippen LogP contribution in [0.5, 0.6) is 0 Å². The van der Waals surface area contributed by atoms with Crippen LogP contribution in [0.1, 0.15) is 126 Å². The lowest BCUT2D eigenvalue weighted by Gasteiger charge is -2.24. The molecule has 1 heteroatoms. The number of hydrogen-bond donors (Lipinski definition) is 0. The van der Waals surface area contributed by atoms with Gasteiger partial charge in [-0.2, -0.15) is 0 Å². The highest BCUT2D eigenvalue weighted by atomic mass is 15.1. The van der Waals surface area contributed by atoms with Crippen molar-refractivity contribution in [2.24, 2.45) is 29.6 Å². The van der Waals surface area contributed by atoms with Gasteiger partial charge >= 0.3 is 0 Å². The van der Waals surface area contributed by atoms with Gasteiger partial charge in [0.2, 0.25) is 0 Å². The van der Waals surface area contributed by atoms with Crippen LogP contribution < -0.4 is 0 Å². The van der Waals surface area contributed by atoms with E-state index < -0.39 is 0 Å². The standard InChI is InChI=1S/C10H23N.C9H18.C8H16/c1-6-10(11(4)5)8-7-9(2)3;1-3-9-6-4-8(2)5-7-9;1-7-5-3-4-6-8(7)2/h9-10H,6-8H2,1-5H3;8-9H,3-7H2,1-2H3;7-8H,3-6H2,1-2H3. The first-order valence-electron chi connectivity index (χ1n) is 12.9. The van der Waals surface area contributed by atoms with Crippen LogP contribution in [-0.4, -0.2) is 25.0 Å². The number of nitrogens with zero attached hydrogens (tertiary/aromatic N) is 1. The summed E-state index contributed by atoms with van der Waals surface area (Å²) in [5.74, 6) is 4.95. The third kappa shape index (κ3) is 14.0. The van der Waals surface area contributed by atoms with E-state index in [0.29, 0.717) is 0 Å². The van der Waals surface area contributed by atoms with Gasteiger partial charge in [-0.05, 0) is 62.9 Å². The Bertz CT molecular complexity index is 317. The molecule has 0 spiro atoms. The van der Waals surface area contributed by atoms with Crippen LogP contribution in [0.2, 0.25) is 0 Å². The summed E-state index contributed by atoms with van der Waals surface area (Å²) < 4.78 is 0. The topological polar surface area (TPSA) is 3.24 Å². The lowest BCUT2D eigenvalue weighted by molar-refractivity contribution is 0.258. The van der Waals surface area contributed by atoms with Gasteiger partial charge in [0.15, 0.2) is 0 Å². The highest BCUT2D eigenvalue weighted by Gasteiger charge is 2.16. The molecular formula is C27H57N. The molecule has 0 N–H and O–H groups in total. The zero-order chi connectivity index (χ0) is 21.5. The molecule has 0 radical (unpaired) electrons. The first-order chi connectivity index (χ1) is 13.2. The van der Waals surface area contributed by atoms with E-state index in [0.717, 1.165) is 35.6 Å². The fourth-order valence-corrected chi connectivity index (χ4v) is 4.59. The molecule has 2 saturated carbocycles. The average molecular weight is 396 g/mol. The fraction of sp³-hybridized carbons (Fsp3) is 1.00. The van der Waals surface area contributed by atoms with Gasteiger partial charge in [0.05, 0.1) is 0 Å². The highest BCUT2D eigenvalue weighted by Crippen LogP contribution is 2.30. The van der Waals surface area contributed by atoms with Crippen molar-refractivity contribution in [2.45, 2.75) is 132 Å². The minimum absolute atomic E-state index is 0.789. The summed E-state index contributed by atoms with van der Waals surface area (Å²) in [6.07, 6.45) is 17.3. The van der Waals surface area contributed by atoms with Crippen LogP contribution >= 0.6 is 0 Å². The second-order valence-corrected chi connectivity index (χ2v) is 10.8. The summed E-state index contributed by atoms with van der Waals surface area (Å²) >= 11 is 0. The molecule has 3 unspecified atom stereocenters. The molecular weight excluding hydrogens is 338 g/mol. The summed E-state index contributed by atoms with van der Waals surface area (Å²) in [4.78, 5) is 2.34. The molecule has 0 aromatic carbocycles. The Morgan fingerprint density at radius 1 is 0.750 bits per heavy atom. The van der Waals surface area contributed by atoms with Crippen molar-refractivity contribution in [3.63, 3.8) is 0 Å². The van der Waals surface area contributed by atoms with E-state index >= 15 is 0 Å². The summed E-state index contributed by atoms with van der Waals surface area (Å²) in [7, 11) is 4.35. The molecule has 1 nitrogen and oxygen atoms in total. The van der Waals surface area contributed by atoms with E-state index in [1.807, 2.05) is 0 Å². The summed E-state index contributed by atoms with van der Waals surface area (Å²) in [6.45, 7) is 16.3. The van der Waals surface area contributed by atoms with Crippen molar-refractivity contribution in [1.82, 2.24) is 4.90 Å². The maximum Gasteiger partial charge on any atom is 0.00866 e. The predicted molar refractivity (Wildman–Crippen MR) is 130 cm³/mol. The molecule has 28 heavy (non-hydrogen) atoms. The van der Waals surface area contributed by atoms with Gasteiger partial charge in [-0.25, -0.2) is 0 Å². The Hall–Kier alpha value is -0.0400. The monoisotopic (exact) mass is 395 g/mol. The van der Waals surface area contributed by atoms with Crippen molar-refractivity contribution in [2.75, 3.05) is 14.1 Å². The molecule has 0 bridgehead atoms. The van der Waals surface area contributed by atoms with Crippen LogP contribution in [0.4, 0.5) is 0 Å². The largest absolute Gasteiger partial charge is 0.306 e. The predicted octanol–water partition coefficient (Wildman–Crippen LogP) is 8.82. The number of hydrogen-bond acceptors (Lipinski definition) is 1. The summed E-state index contributed by atoms with van der Waals surface area (Å²) in [5.41, 5.74) is 0. The first kappa shape index (κ1) is 28.0. The molecule has 0 aromatic rings. The normalized spacial score (nSPS) is 28.8. The third-order valence-electron chi connectivity index (χ3n) is 7.53. The smallest absolute Gasteiger partial charge is 0.00866 e. The number of rotatable bonds is 6. The third-order valence-corrected chi connectivity index (χ3v) is 7.53. The Morgan fingerprint density at radius 2 is 1.25 bits per heavy atom. The van der Waals surface area contributed by atoms with Crippen LogP contribution in [0.25, 0.3) is 0 Å². The lowest BCUT2D eigenvalue weighted by atomic mass is 9.82. The second-order valence-electron chi connectivity index (χ2n) is 10.8. The molecule has 3 atom stereocenters. The highest BCUT2D eigenvalue weighted by molar-refractivity contribution is 4.68. The van der Waals surface area contributed by atoms with E-state index in [9.17, 15) is 0 Å². The van der Waals surface area contributed by atoms with Gasteiger partial charge in [0.1, 0.15) is 0 Å². The van der Waals surface area contributed by atoms with E-state index in [1.165, 1.54) is 77.0 Å². The zero-order valence-electron chi connectivity index (χ0n) is 21.4. The molecule has 0 heterocycles. The van der Waals surface area contributed by atoms with Crippen molar-refractivity contribution < 1.29 is 0 Å². The Morgan fingerprint density at radius 3 is 1.57 bits per heavy atom. The van der Waals surface area contributed by atoms with Crippen molar-refractivity contribution in [1.29, 1.82) is 0 Å². The molecule has 0 saturated heterocycles. The van der Waals surface area contributed by atoms with Gasteiger partial charge in [-0.15, -0.1) is 0 Å². The molecule has 2 rings (SSSR count). The van der Waals surface area contributed by atoms with E-state index in [2.05, 4.69) is 67.5 Å². The first-order valence-corrected chi connectivity index (χ1v) is 12.9. The molecule has 170 valence electrons. The van der Waals surface area contributed by atoms with Crippen molar-refractivity contribution >= 4 is 0 Å². The molecule has 2 aliphatic rings. The van der Waals surface area contributed by atoms with Gasteiger partial charge < -0.3 is 4.90 Å². The van der Waals surface area contributed by atoms with Gasteiger partial charge in [0.25, 0.3) is 0 Å². The van der Waals surface area contributed by atoms with Gasteiger partial charge in [0, 0.05) is 6.04 Å². The second kappa shape index (κ2) is 16.7. The maximum atomic E-state index is 2.38. The van der Waals surface area contributed by atoms with Gasteiger partial charge in [-0.3, -0.25) is 0 Å². The SMILES string of the molecule is CC1CCCCC1C.CCC(CCC(C)C)N(C)C.CCC1CCC(C)CC1.